The average molecular weight is 233 g/mol. The first kappa shape index (κ1) is 11.6. The van der Waals surface area contributed by atoms with Crippen LogP contribution in [0.1, 0.15) is 0 Å². The topological polar surface area (TPSA) is 98.9 Å². The molecule has 1 atom stereocenters. The number of non-ortho nitro benzene ring substituents is 1. The molecule has 0 saturated heterocycles. The Balaban J connectivity index is 2.82. The van der Waals surface area contributed by atoms with E-state index in [0.717, 1.165) is 19.2 Å². The Hall–Kier alpha value is -1.43. The number of phosphoric acid groups is 1. The SMILES string of the molecule is COP(=O)(O)Oc1ccc([N+](=O)[O-])cc1. The van der Waals surface area contributed by atoms with E-state index in [4.69, 9.17) is 4.89 Å². The maximum absolute atomic E-state index is 10.9. The lowest BCUT2D eigenvalue weighted by Crippen LogP contribution is -1.94. The fourth-order valence-electron chi connectivity index (χ4n) is 0.799. The van der Waals surface area contributed by atoms with Crippen molar-refractivity contribution in [2.75, 3.05) is 7.11 Å². The van der Waals surface area contributed by atoms with Gasteiger partial charge in [-0.05, 0) is 12.1 Å². The van der Waals surface area contributed by atoms with Crippen LogP contribution in [0.15, 0.2) is 24.3 Å². The van der Waals surface area contributed by atoms with Crippen molar-refractivity contribution in [1.29, 1.82) is 0 Å². The fourth-order valence-corrected chi connectivity index (χ4v) is 1.26. The average Bonchev–Trinajstić information content (AvgIpc) is 2.18. The second-order valence-corrected chi connectivity index (χ2v) is 3.98. The van der Waals surface area contributed by atoms with Gasteiger partial charge >= 0.3 is 7.82 Å². The van der Waals surface area contributed by atoms with Gasteiger partial charge < -0.3 is 4.52 Å². The Bertz CT molecular complexity index is 402. The zero-order valence-electron chi connectivity index (χ0n) is 7.69. The first-order chi connectivity index (χ1) is 6.94. The highest BCUT2D eigenvalue weighted by Gasteiger charge is 2.20. The van der Waals surface area contributed by atoms with Gasteiger partial charge in [-0.1, -0.05) is 0 Å². The van der Waals surface area contributed by atoms with Crippen LogP contribution < -0.4 is 4.52 Å². The van der Waals surface area contributed by atoms with E-state index in [2.05, 4.69) is 9.05 Å². The highest BCUT2D eigenvalue weighted by molar-refractivity contribution is 7.47. The molecule has 0 aliphatic carbocycles. The summed E-state index contributed by atoms with van der Waals surface area (Å²) >= 11 is 0. The molecule has 0 saturated carbocycles. The summed E-state index contributed by atoms with van der Waals surface area (Å²) in [6, 6.07) is 4.73. The van der Waals surface area contributed by atoms with Crippen LogP contribution >= 0.6 is 7.82 Å². The standard InChI is InChI=1S/C7H8NO6P/c1-13-15(11,12)14-7-4-2-6(3-5-7)8(9)10/h2-5H,1H3,(H,11,12). The van der Waals surface area contributed by atoms with Crippen LogP contribution in [0.2, 0.25) is 0 Å². The molecular formula is C7H8NO6P. The van der Waals surface area contributed by atoms with Gasteiger partial charge in [0.05, 0.1) is 4.92 Å². The van der Waals surface area contributed by atoms with Crippen LogP contribution in [0, 0.1) is 10.1 Å². The van der Waals surface area contributed by atoms with E-state index < -0.39 is 12.7 Å². The van der Waals surface area contributed by atoms with Gasteiger partial charge in [0, 0.05) is 19.2 Å². The van der Waals surface area contributed by atoms with Crippen molar-refractivity contribution in [3.8, 4) is 5.75 Å². The summed E-state index contributed by atoms with van der Waals surface area (Å²) in [5.41, 5.74) is -0.132. The van der Waals surface area contributed by atoms with E-state index >= 15 is 0 Å². The maximum Gasteiger partial charge on any atom is 0.527 e. The molecule has 1 unspecified atom stereocenters. The maximum atomic E-state index is 10.9. The van der Waals surface area contributed by atoms with Crippen LogP contribution in [-0.4, -0.2) is 16.9 Å². The van der Waals surface area contributed by atoms with Crippen LogP contribution in [0.3, 0.4) is 0 Å². The van der Waals surface area contributed by atoms with E-state index in [0.29, 0.717) is 0 Å². The molecule has 0 bridgehead atoms. The number of nitrogens with zero attached hydrogens (tertiary/aromatic N) is 1. The molecule has 0 aromatic heterocycles. The lowest BCUT2D eigenvalue weighted by atomic mass is 10.3. The van der Waals surface area contributed by atoms with Crippen molar-refractivity contribution in [3.63, 3.8) is 0 Å². The lowest BCUT2D eigenvalue weighted by Gasteiger charge is -2.09. The summed E-state index contributed by atoms with van der Waals surface area (Å²) < 4.78 is 19.7. The first-order valence-corrected chi connectivity index (χ1v) is 5.27. The molecule has 0 radical (unpaired) electrons. The highest BCUT2D eigenvalue weighted by atomic mass is 31.2. The number of nitro benzene ring substituents is 1. The van der Waals surface area contributed by atoms with Gasteiger partial charge in [0.15, 0.2) is 0 Å². The summed E-state index contributed by atoms with van der Waals surface area (Å²) in [5.74, 6) is 0.0216. The molecule has 15 heavy (non-hydrogen) atoms. The second-order valence-electron chi connectivity index (χ2n) is 2.49. The number of benzene rings is 1. The summed E-state index contributed by atoms with van der Waals surface area (Å²) in [4.78, 5) is 18.6. The largest absolute Gasteiger partial charge is 0.527 e. The Morgan fingerprint density at radius 1 is 1.40 bits per heavy atom. The predicted octanol–water partition coefficient (Wildman–Crippen LogP) is 1.72. The summed E-state index contributed by atoms with van der Waals surface area (Å²) in [6.45, 7) is 0. The molecule has 0 amide bonds. The number of hydrogen-bond acceptors (Lipinski definition) is 5. The Morgan fingerprint density at radius 2 is 1.93 bits per heavy atom. The minimum Gasteiger partial charge on any atom is -0.404 e. The molecule has 1 N–H and O–H groups in total. The minimum absolute atomic E-state index is 0.0216. The highest BCUT2D eigenvalue weighted by Crippen LogP contribution is 2.42. The van der Waals surface area contributed by atoms with Crippen molar-refractivity contribution < 1.29 is 23.4 Å². The Morgan fingerprint density at radius 3 is 2.33 bits per heavy atom. The summed E-state index contributed by atoms with van der Waals surface area (Å²) in [5, 5.41) is 10.3. The molecule has 0 heterocycles. The molecule has 1 aromatic rings. The van der Waals surface area contributed by atoms with Gasteiger partial charge in [-0.2, -0.15) is 0 Å². The molecule has 1 aromatic carbocycles. The van der Waals surface area contributed by atoms with Gasteiger partial charge in [0.1, 0.15) is 5.75 Å². The molecule has 0 aliphatic heterocycles. The molecule has 7 nitrogen and oxygen atoms in total. The van der Waals surface area contributed by atoms with E-state index in [-0.39, 0.29) is 11.4 Å². The third-order valence-electron chi connectivity index (χ3n) is 1.50. The zero-order chi connectivity index (χ0) is 11.5. The molecular weight excluding hydrogens is 225 g/mol. The Kier molecular flexibility index (Phi) is 3.41. The molecule has 0 spiro atoms. The van der Waals surface area contributed by atoms with Gasteiger partial charge in [-0.15, -0.1) is 0 Å². The molecule has 1 rings (SSSR count). The van der Waals surface area contributed by atoms with E-state index in [1.165, 1.54) is 12.1 Å². The van der Waals surface area contributed by atoms with E-state index in [1.807, 2.05) is 0 Å². The number of hydrogen-bond donors (Lipinski definition) is 1. The van der Waals surface area contributed by atoms with Gasteiger partial charge in [0.25, 0.3) is 5.69 Å². The van der Waals surface area contributed by atoms with Crippen LogP contribution in [-0.2, 0) is 9.09 Å². The van der Waals surface area contributed by atoms with Gasteiger partial charge in [-0.3, -0.25) is 19.5 Å². The number of phosphoric ester groups is 1. The van der Waals surface area contributed by atoms with Gasteiger partial charge in [-0.25, -0.2) is 4.57 Å². The Labute approximate surface area is 85.0 Å². The molecule has 8 heteroatoms. The van der Waals surface area contributed by atoms with Crippen molar-refractivity contribution >= 4 is 13.5 Å². The number of nitro groups is 1. The van der Waals surface area contributed by atoms with Crippen molar-refractivity contribution in [2.24, 2.45) is 0 Å². The normalized spacial score (nSPS) is 14.3. The van der Waals surface area contributed by atoms with E-state index in [9.17, 15) is 14.7 Å². The predicted molar refractivity (Wildman–Crippen MR) is 50.6 cm³/mol. The quantitative estimate of drug-likeness (QED) is 0.482. The van der Waals surface area contributed by atoms with Crippen LogP contribution in [0.4, 0.5) is 5.69 Å². The van der Waals surface area contributed by atoms with Crippen molar-refractivity contribution in [3.05, 3.63) is 34.4 Å². The third kappa shape index (κ3) is 3.32. The third-order valence-corrected chi connectivity index (χ3v) is 2.40. The number of rotatable bonds is 4. The van der Waals surface area contributed by atoms with Crippen LogP contribution in [0.25, 0.3) is 0 Å². The van der Waals surface area contributed by atoms with Crippen molar-refractivity contribution in [1.82, 2.24) is 0 Å². The first-order valence-electron chi connectivity index (χ1n) is 3.77. The van der Waals surface area contributed by atoms with Crippen molar-refractivity contribution in [2.45, 2.75) is 0 Å². The molecule has 0 fully saturated rings. The lowest BCUT2D eigenvalue weighted by molar-refractivity contribution is -0.384. The second kappa shape index (κ2) is 4.39. The van der Waals surface area contributed by atoms with Crippen LogP contribution in [0.5, 0.6) is 5.75 Å². The fraction of sp³-hybridized carbons (Fsp3) is 0.143. The summed E-state index contributed by atoms with van der Waals surface area (Å²) in [6.07, 6.45) is 0. The molecule has 0 aliphatic rings. The molecule has 82 valence electrons. The van der Waals surface area contributed by atoms with E-state index in [1.54, 1.807) is 0 Å². The minimum atomic E-state index is -4.10. The zero-order valence-corrected chi connectivity index (χ0v) is 8.59. The smallest absolute Gasteiger partial charge is 0.404 e. The summed E-state index contributed by atoms with van der Waals surface area (Å²) in [7, 11) is -3.08. The monoisotopic (exact) mass is 233 g/mol. The van der Waals surface area contributed by atoms with Gasteiger partial charge in [0.2, 0.25) is 0 Å².